The Kier molecular flexibility index (Phi) is 11.2. The van der Waals surface area contributed by atoms with Gasteiger partial charge in [-0.05, 0) is 0 Å². The fourth-order valence-corrected chi connectivity index (χ4v) is 2.90. The molecule has 0 aromatic carbocycles. The molecule has 8 nitrogen and oxygen atoms in total. The summed E-state index contributed by atoms with van der Waals surface area (Å²) in [7, 11) is 0. The first kappa shape index (κ1) is 21.4. The molecular formula is C12H28O8Ti. The maximum atomic E-state index is 5.19. The zero-order chi connectivity index (χ0) is 16.5. The number of hydrogen-bond donors (Lipinski definition) is 0. The van der Waals surface area contributed by atoms with E-state index < -0.39 is 18.1 Å². The first-order chi connectivity index (χ1) is 9.67. The Morgan fingerprint density at radius 3 is 0.762 bits per heavy atom. The topological polar surface area (TPSA) is 73.8 Å². The maximum absolute atomic E-state index is 5.19. The third kappa shape index (κ3) is 11.6. The normalized spacial score (nSPS) is 13.1. The standard InChI is InChI=1S/4C3H8O2.Ti/c4*1-3(2)5-4;/h4*3-4H,1-2H3;/q;;;;+4/p-4. The van der Waals surface area contributed by atoms with E-state index in [-0.39, 0.29) is 24.4 Å². The number of hydrogen-bond acceptors (Lipinski definition) is 8. The zero-order valence-electron chi connectivity index (χ0n) is 14.1. The van der Waals surface area contributed by atoms with Crippen LogP contribution in [0.5, 0.6) is 0 Å². The van der Waals surface area contributed by atoms with Gasteiger partial charge < -0.3 is 0 Å². The molecule has 128 valence electrons. The van der Waals surface area contributed by atoms with Gasteiger partial charge in [0.2, 0.25) is 0 Å². The molecular weight excluding hydrogens is 320 g/mol. The SMILES string of the molecule is CC(C)O[O][Ti]([O]OC(C)C)([O]OC(C)C)[O]OC(C)C. The summed E-state index contributed by atoms with van der Waals surface area (Å²) in [5.74, 6) is 0. The van der Waals surface area contributed by atoms with E-state index in [9.17, 15) is 0 Å². The summed E-state index contributed by atoms with van der Waals surface area (Å²) in [4.78, 5) is 20.3. The molecule has 0 amide bonds. The third-order valence-electron chi connectivity index (χ3n) is 1.37. The Morgan fingerprint density at radius 2 is 0.619 bits per heavy atom. The summed E-state index contributed by atoms with van der Waals surface area (Å²) in [6, 6.07) is 0. The van der Waals surface area contributed by atoms with Crippen molar-refractivity contribution in [1.29, 1.82) is 0 Å². The van der Waals surface area contributed by atoms with Crippen molar-refractivity contribution in [2.24, 2.45) is 0 Å². The second-order valence-corrected chi connectivity index (χ2v) is 8.02. The first-order valence-electron chi connectivity index (χ1n) is 7.04. The van der Waals surface area contributed by atoms with Crippen molar-refractivity contribution in [3.05, 3.63) is 0 Å². The van der Waals surface area contributed by atoms with Gasteiger partial charge in [-0.15, -0.1) is 0 Å². The van der Waals surface area contributed by atoms with Crippen LogP contribution in [0.2, 0.25) is 0 Å². The van der Waals surface area contributed by atoms with E-state index >= 15 is 0 Å². The minimum absolute atomic E-state index is 0.233. The summed E-state index contributed by atoms with van der Waals surface area (Å²) in [5.41, 5.74) is 0. The molecule has 0 aliphatic rings. The van der Waals surface area contributed by atoms with Gasteiger partial charge in [0.15, 0.2) is 0 Å². The summed E-state index contributed by atoms with van der Waals surface area (Å²) in [6.45, 7) is 14.2. The summed E-state index contributed by atoms with van der Waals surface area (Å²) >= 11 is -4.52. The van der Waals surface area contributed by atoms with E-state index in [1.807, 2.05) is 0 Å². The van der Waals surface area contributed by atoms with E-state index in [0.29, 0.717) is 0 Å². The predicted molar refractivity (Wildman–Crippen MR) is 69.2 cm³/mol. The van der Waals surface area contributed by atoms with Crippen LogP contribution in [-0.4, -0.2) is 24.4 Å². The molecule has 0 heterocycles. The van der Waals surface area contributed by atoms with Gasteiger partial charge in [-0.1, -0.05) is 0 Å². The molecule has 0 saturated carbocycles. The van der Waals surface area contributed by atoms with Crippen molar-refractivity contribution in [2.45, 2.75) is 79.8 Å². The summed E-state index contributed by atoms with van der Waals surface area (Å²) < 4.78 is 20.8. The van der Waals surface area contributed by atoms with Crippen molar-refractivity contribution < 1.29 is 51.6 Å². The van der Waals surface area contributed by atoms with Gasteiger partial charge in [0.05, 0.1) is 0 Å². The minimum atomic E-state index is -4.52. The van der Waals surface area contributed by atoms with Crippen LogP contribution in [0, 0.1) is 0 Å². The van der Waals surface area contributed by atoms with Gasteiger partial charge >= 0.3 is 131 Å². The first-order valence-corrected chi connectivity index (χ1v) is 9.59. The van der Waals surface area contributed by atoms with Crippen LogP contribution in [0.1, 0.15) is 55.4 Å². The molecule has 0 N–H and O–H groups in total. The van der Waals surface area contributed by atoms with Crippen LogP contribution in [-0.2, 0) is 51.6 Å². The molecule has 0 aromatic heterocycles. The van der Waals surface area contributed by atoms with E-state index in [1.165, 1.54) is 0 Å². The second-order valence-electron chi connectivity index (χ2n) is 5.41. The molecule has 0 fully saturated rings. The monoisotopic (exact) mass is 348 g/mol. The van der Waals surface area contributed by atoms with Crippen LogP contribution in [0.4, 0.5) is 0 Å². The number of rotatable bonds is 12. The van der Waals surface area contributed by atoms with Crippen molar-refractivity contribution in [2.75, 3.05) is 0 Å². The predicted octanol–water partition coefficient (Wildman–Crippen LogP) is 3.23. The molecule has 0 bridgehead atoms. The molecule has 0 spiro atoms. The third-order valence-corrected chi connectivity index (χ3v) is 3.25. The van der Waals surface area contributed by atoms with E-state index in [4.69, 9.17) is 33.4 Å². The molecule has 0 atom stereocenters. The van der Waals surface area contributed by atoms with Crippen molar-refractivity contribution in [1.82, 2.24) is 0 Å². The second kappa shape index (κ2) is 11.0. The average molecular weight is 348 g/mol. The molecule has 0 rings (SSSR count). The van der Waals surface area contributed by atoms with Crippen LogP contribution in [0.15, 0.2) is 0 Å². The van der Waals surface area contributed by atoms with E-state index in [0.717, 1.165) is 0 Å². The Morgan fingerprint density at radius 1 is 0.429 bits per heavy atom. The Hall–Kier alpha value is 0.394. The summed E-state index contributed by atoms with van der Waals surface area (Å²) in [6.07, 6.45) is -0.934. The fraction of sp³-hybridized carbons (Fsp3) is 1.00. The van der Waals surface area contributed by atoms with Crippen LogP contribution >= 0.6 is 0 Å². The summed E-state index contributed by atoms with van der Waals surface area (Å²) in [5, 5.41) is 0. The molecule has 0 aliphatic heterocycles. The van der Waals surface area contributed by atoms with Gasteiger partial charge in [-0.3, -0.25) is 0 Å². The molecule has 9 heteroatoms. The quantitative estimate of drug-likeness (QED) is 0.302. The fourth-order valence-electron chi connectivity index (χ4n) is 0.704. The van der Waals surface area contributed by atoms with Gasteiger partial charge in [-0.2, -0.15) is 0 Å². The van der Waals surface area contributed by atoms with Gasteiger partial charge in [0, 0.05) is 0 Å². The van der Waals surface area contributed by atoms with Crippen molar-refractivity contribution in [3.63, 3.8) is 0 Å². The van der Waals surface area contributed by atoms with Crippen molar-refractivity contribution >= 4 is 0 Å². The molecule has 0 aromatic rings. The molecule has 0 unspecified atom stereocenters. The van der Waals surface area contributed by atoms with Crippen molar-refractivity contribution in [3.8, 4) is 0 Å². The molecule has 0 aliphatic carbocycles. The van der Waals surface area contributed by atoms with E-state index in [2.05, 4.69) is 0 Å². The van der Waals surface area contributed by atoms with Gasteiger partial charge in [0.1, 0.15) is 0 Å². The molecule has 0 saturated heterocycles. The van der Waals surface area contributed by atoms with Gasteiger partial charge in [-0.25, -0.2) is 0 Å². The Labute approximate surface area is 131 Å². The average Bonchev–Trinajstić information content (AvgIpc) is 2.36. The van der Waals surface area contributed by atoms with E-state index in [1.54, 1.807) is 55.4 Å². The Balaban J connectivity index is 4.85. The van der Waals surface area contributed by atoms with Gasteiger partial charge in [0.25, 0.3) is 0 Å². The van der Waals surface area contributed by atoms with Crippen LogP contribution in [0.3, 0.4) is 0 Å². The van der Waals surface area contributed by atoms with Crippen LogP contribution < -0.4 is 0 Å². The van der Waals surface area contributed by atoms with Crippen LogP contribution in [0.25, 0.3) is 0 Å². The Bertz CT molecular complexity index is 206. The zero-order valence-corrected chi connectivity index (χ0v) is 15.6. The molecule has 21 heavy (non-hydrogen) atoms. The molecule has 0 radical (unpaired) electrons.